The molecule has 27 heavy (non-hydrogen) atoms. The van der Waals surface area contributed by atoms with Gasteiger partial charge in [0.15, 0.2) is 0 Å². The van der Waals surface area contributed by atoms with Crippen LogP contribution < -0.4 is 0 Å². The molecule has 0 unspecified atom stereocenters. The van der Waals surface area contributed by atoms with E-state index in [1.54, 1.807) is 0 Å². The summed E-state index contributed by atoms with van der Waals surface area (Å²) >= 11 is 0. The molecule has 1 fully saturated rings. The molecule has 2 atom stereocenters. The van der Waals surface area contributed by atoms with Crippen molar-refractivity contribution >= 4 is 17.0 Å². The van der Waals surface area contributed by atoms with Crippen LogP contribution in [0.2, 0.25) is 0 Å². The fraction of sp³-hybridized carbons (Fsp3) is 0.609. The van der Waals surface area contributed by atoms with Crippen LogP contribution in [0.15, 0.2) is 24.3 Å². The van der Waals surface area contributed by atoms with Crippen LogP contribution in [0.4, 0.5) is 4.79 Å². The lowest BCUT2D eigenvalue weighted by molar-refractivity contribution is 0.0501. The summed E-state index contributed by atoms with van der Waals surface area (Å²) in [5, 5.41) is 1.22. The first kappa shape index (κ1) is 18.5. The second-order valence-corrected chi connectivity index (χ2v) is 9.18. The van der Waals surface area contributed by atoms with Crippen LogP contribution in [0.3, 0.4) is 0 Å². The molecule has 0 spiro atoms. The smallest absolute Gasteiger partial charge is 0.419 e. The van der Waals surface area contributed by atoms with Gasteiger partial charge in [0.1, 0.15) is 5.60 Å². The Labute approximate surface area is 162 Å². The number of carbonyl (C=O) groups excluding carboxylic acids is 1. The summed E-state index contributed by atoms with van der Waals surface area (Å²) in [4.78, 5) is 15.8. The highest BCUT2D eigenvalue weighted by molar-refractivity contribution is 5.94. The topological polar surface area (TPSA) is 34.5 Å². The lowest BCUT2D eigenvalue weighted by Crippen LogP contribution is -2.43. The maximum absolute atomic E-state index is 13.2. The van der Waals surface area contributed by atoms with E-state index in [1.807, 2.05) is 31.4 Å². The van der Waals surface area contributed by atoms with Gasteiger partial charge in [-0.15, -0.1) is 0 Å². The highest BCUT2D eigenvalue weighted by Crippen LogP contribution is 2.44. The highest BCUT2D eigenvalue weighted by atomic mass is 16.6. The first-order valence-corrected chi connectivity index (χ1v) is 10.5. The number of benzene rings is 1. The summed E-state index contributed by atoms with van der Waals surface area (Å²) in [7, 11) is 0. The largest absolute Gasteiger partial charge is 0.443 e. The summed E-state index contributed by atoms with van der Waals surface area (Å²) in [5.74, 6) is 0.757. The van der Waals surface area contributed by atoms with E-state index in [2.05, 4.69) is 30.0 Å². The third-order valence-electron chi connectivity index (χ3n) is 6.08. The number of hydrogen-bond acceptors (Lipinski definition) is 3. The normalized spacial score (nSPS) is 23.1. The van der Waals surface area contributed by atoms with Gasteiger partial charge in [-0.05, 0) is 64.1 Å². The fourth-order valence-corrected chi connectivity index (χ4v) is 5.01. The lowest BCUT2D eigenvalue weighted by Gasteiger charge is -2.43. The molecule has 4 heteroatoms. The molecule has 0 bridgehead atoms. The monoisotopic (exact) mass is 368 g/mol. The van der Waals surface area contributed by atoms with Crippen molar-refractivity contribution in [2.75, 3.05) is 13.1 Å². The van der Waals surface area contributed by atoms with Crippen molar-refractivity contribution in [1.82, 2.24) is 9.47 Å². The molecule has 4 rings (SSSR count). The molecule has 4 nitrogen and oxygen atoms in total. The second kappa shape index (κ2) is 6.97. The molecular formula is C23H32N2O2. The summed E-state index contributed by atoms with van der Waals surface area (Å²) < 4.78 is 7.71. The molecule has 0 aliphatic carbocycles. The Bertz CT molecular complexity index is 846. The Balaban J connectivity index is 1.83. The van der Waals surface area contributed by atoms with Crippen molar-refractivity contribution in [1.29, 1.82) is 0 Å². The van der Waals surface area contributed by atoms with Gasteiger partial charge in [0.2, 0.25) is 0 Å². The Hall–Kier alpha value is -1.81. The zero-order chi connectivity index (χ0) is 19.2. The van der Waals surface area contributed by atoms with E-state index in [4.69, 9.17) is 4.74 Å². The van der Waals surface area contributed by atoms with Crippen LogP contribution in [0.1, 0.15) is 70.7 Å². The molecule has 0 N–H and O–H groups in total. The number of nitrogens with zero attached hydrogens (tertiary/aromatic N) is 2. The first-order valence-electron chi connectivity index (χ1n) is 10.5. The van der Waals surface area contributed by atoms with E-state index in [1.165, 1.54) is 35.9 Å². The van der Waals surface area contributed by atoms with Crippen molar-refractivity contribution in [3.63, 3.8) is 0 Å². The Morgan fingerprint density at radius 2 is 2.00 bits per heavy atom. The SMILES string of the molecule is CCC[C@H]1CCN2CCc3c(n(C(=O)OC(C)(C)C)c4ccccc34)[C@@H]2C1. The Kier molecular flexibility index (Phi) is 4.79. The molecule has 0 amide bonds. The van der Waals surface area contributed by atoms with Gasteiger partial charge < -0.3 is 4.74 Å². The molecule has 1 saturated heterocycles. The van der Waals surface area contributed by atoms with Crippen molar-refractivity contribution in [3.8, 4) is 0 Å². The van der Waals surface area contributed by atoms with Crippen LogP contribution in [-0.2, 0) is 11.2 Å². The lowest BCUT2D eigenvalue weighted by atomic mass is 9.83. The molecule has 1 aromatic heterocycles. The van der Waals surface area contributed by atoms with E-state index in [9.17, 15) is 4.79 Å². The highest BCUT2D eigenvalue weighted by Gasteiger charge is 2.38. The summed E-state index contributed by atoms with van der Waals surface area (Å²) in [6, 6.07) is 8.66. The Morgan fingerprint density at radius 1 is 1.22 bits per heavy atom. The molecule has 2 aromatic rings. The van der Waals surface area contributed by atoms with Gasteiger partial charge in [-0.25, -0.2) is 9.36 Å². The van der Waals surface area contributed by atoms with E-state index in [-0.39, 0.29) is 6.09 Å². The van der Waals surface area contributed by atoms with Crippen molar-refractivity contribution in [3.05, 3.63) is 35.5 Å². The standard InChI is InChI=1S/C23H32N2O2/c1-5-8-16-11-13-24-14-12-18-17-9-6-7-10-19(17)25(21(18)20(24)15-16)22(26)27-23(2,3)4/h6-7,9-10,16,20H,5,8,11-15H2,1-4H3/t16-,20-/m0/s1. The minimum atomic E-state index is -0.499. The number of ether oxygens (including phenoxy) is 1. The predicted octanol–water partition coefficient (Wildman–Crippen LogP) is 5.53. The number of piperidine rings is 1. The molecule has 0 saturated carbocycles. The van der Waals surface area contributed by atoms with Crippen molar-refractivity contribution < 1.29 is 9.53 Å². The van der Waals surface area contributed by atoms with Crippen LogP contribution in [0, 0.1) is 5.92 Å². The number of fused-ring (bicyclic) bond motifs is 5. The number of carbonyl (C=O) groups is 1. The summed E-state index contributed by atoms with van der Waals surface area (Å²) in [6.07, 6.45) is 5.73. The van der Waals surface area contributed by atoms with E-state index < -0.39 is 5.60 Å². The van der Waals surface area contributed by atoms with Crippen LogP contribution in [0.5, 0.6) is 0 Å². The third kappa shape index (κ3) is 3.40. The van der Waals surface area contributed by atoms with E-state index >= 15 is 0 Å². The number of aromatic nitrogens is 1. The van der Waals surface area contributed by atoms with Gasteiger partial charge in [-0.2, -0.15) is 0 Å². The minimum Gasteiger partial charge on any atom is -0.443 e. The number of rotatable bonds is 2. The summed E-state index contributed by atoms with van der Waals surface area (Å²) in [6.45, 7) is 10.3. The number of hydrogen-bond donors (Lipinski definition) is 0. The van der Waals surface area contributed by atoms with Crippen molar-refractivity contribution in [2.24, 2.45) is 5.92 Å². The average Bonchev–Trinajstić information content (AvgIpc) is 2.95. The van der Waals surface area contributed by atoms with Gasteiger partial charge in [-0.1, -0.05) is 38.0 Å². The molecule has 3 heterocycles. The first-order chi connectivity index (χ1) is 12.9. The zero-order valence-corrected chi connectivity index (χ0v) is 17.1. The van der Waals surface area contributed by atoms with Gasteiger partial charge >= 0.3 is 6.09 Å². The average molecular weight is 369 g/mol. The Morgan fingerprint density at radius 3 is 2.74 bits per heavy atom. The molecule has 146 valence electrons. The predicted molar refractivity (Wildman–Crippen MR) is 109 cm³/mol. The summed E-state index contributed by atoms with van der Waals surface area (Å²) in [5.41, 5.74) is 3.05. The maximum Gasteiger partial charge on any atom is 0.419 e. The minimum absolute atomic E-state index is 0.237. The van der Waals surface area contributed by atoms with Gasteiger partial charge in [0.25, 0.3) is 0 Å². The van der Waals surface area contributed by atoms with Crippen LogP contribution >= 0.6 is 0 Å². The fourth-order valence-electron chi connectivity index (χ4n) is 5.01. The van der Waals surface area contributed by atoms with Crippen LogP contribution in [0.25, 0.3) is 10.9 Å². The molecule has 2 aliphatic heterocycles. The molecule has 2 aliphatic rings. The van der Waals surface area contributed by atoms with Gasteiger partial charge in [-0.3, -0.25) is 4.90 Å². The van der Waals surface area contributed by atoms with Gasteiger partial charge in [0.05, 0.1) is 17.3 Å². The van der Waals surface area contributed by atoms with E-state index in [0.717, 1.165) is 37.4 Å². The number of para-hydroxylation sites is 1. The van der Waals surface area contributed by atoms with Crippen LogP contribution in [-0.4, -0.2) is 34.3 Å². The second-order valence-electron chi connectivity index (χ2n) is 9.18. The van der Waals surface area contributed by atoms with Crippen molar-refractivity contribution in [2.45, 2.75) is 71.4 Å². The zero-order valence-electron chi connectivity index (χ0n) is 17.1. The van der Waals surface area contributed by atoms with E-state index in [0.29, 0.717) is 6.04 Å². The maximum atomic E-state index is 13.2. The molecular weight excluding hydrogens is 336 g/mol. The molecule has 1 aromatic carbocycles. The quantitative estimate of drug-likeness (QED) is 0.698. The molecule has 0 radical (unpaired) electrons. The van der Waals surface area contributed by atoms with Gasteiger partial charge in [0, 0.05) is 11.9 Å². The third-order valence-corrected chi connectivity index (χ3v) is 6.08.